The molecular formula is C20H24N2O2. The van der Waals surface area contributed by atoms with Crippen molar-refractivity contribution in [3.63, 3.8) is 0 Å². The van der Waals surface area contributed by atoms with Crippen LogP contribution in [0.1, 0.15) is 30.1 Å². The number of pyridine rings is 1. The van der Waals surface area contributed by atoms with Gasteiger partial charge in [-0.1, -0.05) is 6.08 Å². The molecule has 4 heteroatoms. The van der Waals surface area contributed by atoms with E-state index in [1.54, 1.807) is 7.11 Å². The van der Waals surface area contributed by atoms with Crippen molar-refractivity contribution < 1.29 is 9.84 Å². The molecule has 126 valence electrons. The predicted molar refractivity (Wildman–Crippen MR) is 94.9 cm³/mol. The Hall–Kier alpha value is -1.91. The Morgan fingerprint density at radius 2 is 2.29 bits per heavy atom. The fourth-order valence-corrected chi connectivity index (χ4v) is 4.37. The summed E-state index contributed by atoms with van der Waals surface area (Å²) in [6, 6.07) is 8.31. The molecule has 0 saturated carbocycles. The first-order valence-electron chi connectivity index (χ1n) is 8.68. The highest BCUT2D eigenvalue weighted by molar-refractivity contribution is 5.84. The zero-order valence-electron chi connectivity index (χ0n) is 14.1. The molecule has 3 saturated heterocycles. The Balaban J connectivity index is 1.74. The number of ether oxygens (including phenoxy) is 1. The van der Waals surface area contributed by atoms with Crippen molar-refractivity contribution in [2.45, 2.75) is 25.5 Å². The summed E-state index contributed by atoms with van der Waals surface area (Å²) in [4.78, 5) is 7.45. The average Bonchev–Trinajstić information content (AvgIpc) is 2.66. The van der Waals surface area contributed by atoms with E-state index < -0.39 is 0 Å². The number of fused-ring (bicyclic) bond motifs is 4. The molecule has 0 aliphatic carbocycles. The molecule has 1 N–H and O–H groups in total. The summed E-state index contributed by atoms with van der Waals surface area (Å²) in [5, 5.41) is 10.8. The highest BCUT2D eigenvalue weighted by Crippen LogP contribution is 2.43. The van der Waals surface area contributed by atoms with Crippen LogP contribution < -0.4 is 4.74 Å². The monoisotopic (exact) mass is 324 g/mol. The van der Waals surface area contributed by atoms with Gasteiger partial charge in [0.25, 0.3) is 0 Å². The lowest BCUT2D eigenvalue weighted by atomic mass is 9.75. The quantitative estimate of drug-likeness (QED) is 0.877. The van der Waals surface area contributed by atoms with Crippen molar-refractivity contribution in [3.8, 4) is 5.75 Å². The van der Waals surface area contributed by atoms with Crippen molar-refractivity contribution in [3.05, 3.63) is 48.2 Å². The zero-order chi connectivity index (χ0) is 16.7. The standard InChI is InChI=1S/C20H24N2O2/c1-3-13-11-22-7-6-14(13)9-20(22)19-8-15(12-23)17-10-16(24-2)4-5-18(17)21-19/h3-5,8,10,13-14,20,23H,1,6-7,9,11-12H2,2H3. The molecule has 0 spiro atoms. The van der Waals surface area contributed by atoms with Gasteiger partial charge in [0.05, 0.1) is 31.0 Å². The number of hydrogen-bond donors (Lipinski definition) is 1. The maximum Gasteiger partial charge on any atom is 0.119 e. The zero-order valence-corrected chi connectivity index (χ0v) is 14.1. The molecule has 3 aliphatic heterocycles. The molecule has 2 bridgehead atoms. The number of hydrogen-bond acceptors (Lipinski definition) is 4. The van der Waals surface area contributed by atoms with Gasteiger partial charge >= 0.3 is 0 Å². The minimum absolute atomic E-state index is 0.0185. The van der Waals surface area contributed by atoms with Crippen molar-refractivity contribution in [2.24, 2.45) is 11.8 Å². The van der Waals surface area contributed by atoms with E-state index in [-0.39, 0.29) is 6.61 Å². The van der Waals surface area contributed by atoms with Gasteiger partial charge in [-0.2, -0.15) is 0 Å². The predicted octanol–water partition coefficient (Wildman–Crippen LogP) is 3.30. The number of aliphatic hydroxyl groups excluding tert-OH is 1. The highest BCUT2D eigenvalue weighted by Gasteiger charge is 2.40. The summed E-state index contributed by atoms with van der Waals surface area (Å²) in [7, 11) is 1.66. The Morgan fingerprint density at radius 3 is 2.96 bits per heavy atom. The van der Waals surface area contributed by atoms with Crippen molar-refractivity contribution in [1.29, 1.82) is 0 Å². The first-order valence-corrected chi connectivity index (χ1v) is 8.68. The number of aliphatic hydroxyl groups is 1. The van der Waals surface area contributed by atoms with Crippen LogP contribution in [-0.4, -0.2) is 35.2 Å². The Bertz CT molecular complexity index is 774. The van der Waals surface area contributed by atoms with Crippen LogP contribution in [-0.2, 0) is 6.61 Å². The topological polar surface area (TPSA) is 45.6 Å². The Morgan fingerprint density at radius 1 is 1.42 bits per heavy atom. The minimum atomic E-state index is 0.0185. The van der Waals surface area contributed by atoms with Crippen molar-refractivity contribution in [1.82, 2.24) is 9.88 Å². The van der Waals surface area contributed by atoms with Crippen LogP contribution >= 0.6 is 0 Å². The summed E-state index contributed by atoms with van der Waals surface area (Å²) in [6.45, 7) is 6.23. The third-order valence-electron chi connectivity index (χ3n) is 5.74. The van der Waals surface area contributed by atoms with E-state index in [0.717, 1.165) is 47.4 Å². The number of rotatable bonds is 4. The average molecular weight is 324 g/mol. The molecule has 0 amide bonds. The number of aromatic nitrogens is 1. The maximum absolute atomic E-state index is 9.84. The van der Waals surface area contributed by atoms with Gasteiger partial charge in [0, 0.05) is 11.9 Å². The molecule has 1 aromatic heterocycles. The first kappa shape index (κ1) is 15.6. The van der Waals surface area contributed by atoms with E-state index in [1.165, 1.54) is 6.42 Å². The van der Waals surface area contributed by atoms with Crippen LogP contribution in [0.5, 0.6) is 5.75 Å². The second kappa shape index (κ2) is 6.19. The second-order valence-corrected chi connectivity index (χ2v) is 6.94. The van der Waals surface area contributed by atoms with Crippen LogP contribution in [0.4, 0.5) is 0 Å². The lowest BCUT2D eigenvalue weighted by Crippen LogP contribution is -2.48. The first-order chi connectivity index (χ1) is 11.7. The van der Waals surface area contributed by atoms with E-state index >= 15 is 0 Å². The van der Waals surface area contributed by atoms with E-state index in [9.17, 15) is 5.11 Å². The van der Waals surface area contributed by atoms with Gasteiger partial charge < -0.3 is 9.84 Å². The van der Waals surface area contributed by atoms with Gasteiger partial charge in [-0.25, -0.2) is 0 Å². The second-order valence-electron chi connectivity index (χ2n) is 6.94. The maximum atomic E-state index is 9.84. The largest absolute Gasteiger partial charge is 0.497 e. The smallest absolute Gasteiger partial charge is 0.119 e. The third-order valence-corrected chi connectivity index (χ3v) is 5.74. The molecule has 1 aromatic carbocycles. The fourth-order valence-electron chi connectivity index (χ4n) is 4.37. The molecule has 4 heterocycles. The number of benzene rings is 1. The van der Waals surface area contributed by atoms with Gasteiger partial charge in [0.1, 0.15) is 5.75 Å². The molecule has 4 unspecified atom stereocenters. The summed E-state index contributed by atoms with van der Waals surface area (Å²) < 4.78 is 5.31. The normalized spacial score (nSPS) is 28.9. The minimum Gasteiger partial charge on any atom is -0.497 e. The molecule has 5 rings (SSSR count). The molecule has 4 atom stereocenters. The van der Waals surface area contributed by atoms with E-state index in [4.69, 9.17) is 9.72 Å². The molecule has 2 aromatic rings. The number of methoxy groups -OCH3 is 1. The van der Waals surface area contributed by atoms with Crippen molar-refractivity contribution >= 4 is 10.9 Å². The van der Waals surface area contributed by atoms with Gasteiger partial charge in [0.15, 0.2) is 0 Å². The number of piperidine rings is 3. The third kappa shape index (κ3) is 2.50. The lowest BCUT2D eigenvalue weighted by molar-refractivity contribution is 0.0165. The molecule has 3 fully saturated rings. The summed E-state index contributed by atoms with van der Waals surface area (Å²) >= 11 is 0. The van der Waals surface area contributed by atoms with Gasteiger partial charge in [-0.15, -0.1) is 6.58 Å². The summed E-state index contributed by atoms with van der Waals surface area (Å²) in [5.41, 5.74) is 2.95. The van der Waals surface area contributed by atoms with Crippen LogP contribution in [0.2, 0.25) is 0 Å². The van der Waals surface area contributed by atoms with E-state index in [2.05, 4.69) is 23.6 Å². The van der Waals surface area contributed by atoms with Gasteiger partial charge in [0.2, 0.25) is 0 Å². The van der Waals surface area contributed by atoms with Crippen molar-refractivity contribution in [2.75, 3.05) is 20.2 Å². The van der Waals surface area contributed by atoms with E-state index in [0.29, 0.717) is 17.9 Å². The SMILES string of the molecule is C=CC1CN2CCC1CC2c1cc(CO)c2cc(OC)ccc2n1. The van der Waals surface area contributed by atoms with Crippen LogP contribution in [0, 0.1) is 11.8 Å². The molecule has 3 aliphatic rings. The molecule has 0 radical (unpaired) electrons. The highest BCUT2D eigenvalue weighted by atomic mass is 16.5. The van der Waals surface area contributed by atoms with Crippen LogP contribution in [0.3, 0.4) is 0 Å². The summed E-state index contributed by atoms with van der Waals surface area (Å²) in [5.74, 6) is 2.11. The van der Waals surface area contributed by atoms with Gasteiger partial charge in [-0.3, -0.25) is 9.88 Å². The van der Waals surface area contributed by atoms with Crippen LogP contribution in [0.15, 0.2) is 36.9 Å². The lowest BCUT2D eigenvalue weighted by Gasteiger charge is -2.49. The summed E-state index contributed by atoms with van der Waals surface area (Å²) in [6.07, 6.45) is 4.51. The fraction of sp³-hybridized carbons (Fsp3) is 0.450. The number of nitrogens with zero attached hydrogens (tertiary/aromatic N) is 2. The van der Waals surface area contributed by atoms with Gasteiger partial charge in [-0.05, 0) is 61.1 Å². The molecule has 4 nitrogen and oxygen atoms in total. The molecular weight excluding hydrogens is 300 g/mol. The Labute approximate surface area is 142 Å². The Kier molecular flexibility index (Phi) is 4.02. The van der Waals surface area contributed by atoms with E-state index in [1.807, 2.05) is 18.2 Å². The van der Waals surface area contributed by atoms with Crippen LogP contribution in [0.25, 0.3) is 10.9 Å². The molecule has 24 heavy (non-hydrogen) atoms.